The molecule has 0 aliphatic carbocycles. The molecule has 8 heteroatoms. The minimum atomic E-state index is -0.514. The summed E-state index contributed by atoms with van der Waals surface area (Å²) in [7, 11) is 1.70. The number of piperidine rings is 1. The number of ether oxygens (including phenoxy) is 2. The summed E-state index contributed by atoms with van der Waals surface area (Å²) in [5.41, 5.74) is -0.514. The van der Waals surface area contributed by atoms with E-state index in [4.69, 9.17) is 9.47 Å². The number of amides is 1. The van der Waals surface area contributed by atoms with Gasteiger partial charge in [-0.05, 0) is 47.5 Å². The molecule has 1 aliphatic heterocycles. The van der Waals surface area contributed by atoms with Crippen LogP contribution in [0.15, 0.2) is 4.99 Å². The molecule has 0 saturated carbocycles. The smallest absolute Gasteiger partial charge is 0.410 e. The third kappa shape index (κ3) is 8.49. The van der Waals surface area contributed by atoms with Crippen LogP contribution >= 0.6 is 0 Å². The molecule has 0 aromatic rings. The van der Waals surface area contributed by atoms with Gasteiger partial charge in [-0.25, -0.2) is 4.79 Å². The Bertz CT molecular complexity index is 516. The SMILES string of the molecule is CCNC(=NCCN(C)C(=O)OC(C)(C)C)N1CCCC(C(=O)OCC)C1. The van der Waals surface area contributed by atoms with Crippen molar-refractivity contribution < 1.29 is 19.1 Å². The molecule has 1 atom stereocenters. The lowest BCUT2D eigenvalue weighted by atomic mass is 9.98. The van der Waals surface area contributed by atoms with E-state index in [1.807, 2.05) is 34.6 Å². The third-order valence-electron chi connectivity index (χ3n) is 4.08. The molecular weight excluding hydrogens is 348 g/mol. The Balaban J connectivity index is 2.63. The van der Waals surface area contributed by atoms with Crippen molar-refractivity contribution >= 4 is 18.0 Å². The first-order valence-corrected chi connectivity index (χ1v) is 9.82. The highest BCUT2D eigenvalue weighted by atomic mass is 16.6. The molecule has 1 N–H and O–H groups in total. The van der Waals surface area contributed by atoms with E-state index in [2.05, 4.69) is 15.2 Å². The maximum atomic E-state index is 12.0. The van der Waals surface area contributed by atoms with Crippen LogP contribution in [0.4, 0.5) is 4.79 Å². The number of aliphatic imine (C=N–C) groups is 1. The summed E-state index contributed by atoms with van der Waals surface area (Å²) >= 11 is 0. The first-order valence-electron chi connectivity index (χ1n) is 9.82. The summed E-state index contributed by atoms with van der Waals surface area (Å²) in [6.45, 7) is 12.9. The van der Waals surface area contributed by atoms with Gasteiger partial charge in [0.2, 0.25) is 0 Å². The highest BCUT2D eigenvalue weighted by molar-refractivity contribution is 5.81. The fourth-order valence-corrected chi connectivity index (χ4v) is 2.78. The molecule has 1 unspecified atom stereocenters. The van der Waals surface area contributed by atoms with Gasteiger partial charge in [0.1, 0.15) is 5.60 Å². The van der Waals surface area contributed by atoms with E-state index in [0.29, 0.717) is 26.2 Å². The zero-order chi connectivity index (χ0) is 20.4. The van der Waals surface area contributed by atoms with Gasteiger partial charge in [0.15, 0.2) is 5.96 Å². The number of carbonyl (C=O) groups is 2. The number of rotatable bonds is 6. The van der Waals surface area contributed by atoms with Crippen molar-refractivity contribution in [1.82, 2.24) is 15.1 Å². The van der Waals surface area contributed by atoms with Gasteiger partial charge in [0, 0.05) is 33.2 Å². The van der Waals surface area contributed by atoms with E-state index >= 15 is 0 Å². The summed E-state index contributed by atoms with van der Waals surface area (Å²) in [6.07, 6.45) is 1.41. The van der Waals surface area contributed by atoms with Gasteiger partial charge >= 0.3 is 12.1 Å². The molecule has 1 aliphatic rings. The zero-order valence-corrected chi connectivity index (χ0v) is 17.7. The lowest BCUT2D eigenvalue weighted by molar-refractivity contribution is -0.149. The van der Waals surface area contributed by atoms with E-state index in [9.17, 15) is 9.59 Å². The third-order valence-corrected chi connectivity index (χ3v) is 4.08. The molecule has 156 valence electrons. The van der Waals surface area contributed by atoms with Gasteiger partial charge < -0.3 is 24.6 Å². The summed E-state index contributed by atoms with van der Waals surface area (Å²) < 4.78 is 10.5. The van der Waals surface area contributed by atoms with Gasteiger partial charge in [-0.3, -0.25) is 9.79 Å². The van der Waals surface area contributed by atoms with Gasteiger partial charge in [-0.15, -0.1) is 0 Å². The summed E-state index contributed by atoms with van der Waals surface area (Å²) in [4.78, 5) is 32.3. The quantitative estimate of drug-likeness (QED) is 0.429. The maximum Gasteiger partial charge on any atom is 0.410 e. The fraction of sp³-hybridized carbons (Fsp3) is 0.842. The van der Waals surface area contributed by atoms with Crippen LogP contribution in [0, 0.1) is 5.92 Å². The number of esters is 1. The zero-order valence-electron chi connectivity index (χ0n) is 17.7. The molecule has 0 radical (unpaired) electrons. The Kier molecular flexibility index (Phi) is 9.38. The number of hydrogen-bond acceptors (Lipinski definition) is 5. The van der Waals surface area contributed by atoms with Crippen molar-refractivity contribution in [1.29, 1.82) is 0 Å². The van der Waals surface area contributed by atoms with Gasteiger partial charge in [-0.1, -0.05) is 0 Å². The van der Waals surface area contributed by atoms with Gasteiger partial charge in [-0.2, -0.15) is 0 Å². The Labute approximate surface area is 163 Å². The molecule has 1 heterocycles. The van der Waals surface area contributed by atoms with E-state index < -0.39 is 5.60 Å². The average molecular weight is 385 g/mol. The van der Waals surface area contributed by atoms with E-state index in [0.717, 1.165) is 31.9 Å². The van der Waals surface area contributed by atoms with Gasteiger partial charge in [0.05, 0.1) is 19.1 Å². The number of likely N-dealkylation sites (tertiary alicyclic amines) is 1. The second-order valence-corrected chi connectivity index (χ2v) is 7.67. The maximum absolute atomic E-state index is 12.0. The van der Waals surface area contributed by atoms with Crippen LogP contribution in [0.5, 0.6) is 0 Å². The fourth-order valence-electron chi connectivity index (χ4n) is 2.78. The van der Waals surface area contributed by atoms with Crippen molar-refractivity contribution in [2.75, 3.05) is 46.4 Å². The lowest BCUT2D eigenvalue weighted by Gasteiger charge is -2.34. The second-order valence-electron chi connectivity index (χ2n) is 7.67. The van der Waals surface area contributed by atoms with Crippen LogP contribution in [0.25, 0.3) is 0 Å². The molecule has 0 aromatic heterocycles. The van der Waals surface area contributed by atoms with E-state index in [-0.39, 0.29) is 18.0 Å². The Morgan fingerprint density at radius 1 is 1.30 bits per heavy atom. The number of hydrogen-bond donors (Lipinski definition) is 1. The standard InChI is InChI=1S/C19H36N4O4/c1-7-20-17(21-11-13-22(6)18(25)27-19(3,4)5)23-12-9-10-15(14-23)16(24)26-8-2/h15H,7-14H2,1-6H3,(H,20,21). The molecule has 1 amide bonds. The number of nitrogens with one attached hydrogen (secondary N) is 1. The van der Waals surface area contributed by atoms with Crippen LogP contribution in [0.3, 0.4) is 0 Å². The number of nitrogens with zero attached hydrogens (tertiary/aromatic N) is 3. The molecule has 27 heavy (non-hydrogen) atoms. The minimum Gasteiger partial charge on any atom is -0.466 e. The van der Waals surface area contributed by atoms with Crippen molar-refractivity contribution in [2.45, 2.75) is 53.1 Å². The van der Waals surface area contributed by atoms with E-state index in [1.165, 1.54) is 4.90 Å². The molecule has 8 nitrogen and oxygen atoms in total. The summed E-state index contributed by atoms with van der Waals surface area (Å²) in [6, 6.07) is 0. The highest BCUT2D eigenvalue weighted by Gasteiger charge is 2.28. The van der Waals surface area contributed by atoms with Crippen LogP contribution in [-0.2, 0) is 14.3 Å². The molecule has 0 spiro atoms. The predicted octanol–water partition coefficient (Wildman–Crippen LogP) is 2.09. The van der Waals surface area contributed by atoms with Crippen LogP contribution in [0.1, 0.15) is 47.5 Å². The molecule has 0 aromatic carbocycles. The average Bonchev–Trinajstić information content (AvgIpc) is 2.59. The Hall–Kier alpha value is -1.99. The van der Waals surface area contributed by atoms with Crippen LogP contribution in [-0.4, -0.2) is 79.8 Å². The van der Waals surface area contributed by atoms with Crippen molar-refractivity contribution in [2.24, 2.45) is 10.9 Å². The molecule has 1 saturated heterocycles. The molecule has 0 bridgehead atoms. The van der Waals surface area contributed by atoms with Crippen molar-refractivity contribution in [3.8, 4) is 0 Å². The monoisotopic (exact) mass is 384 g/mol. The normalized spacial score (nSPS) is 18.1. The topological polar surface area (TPSA) is 83.5 Å². The minimum absolute atomic E-state index is 0.119. The van der Waals surface area contributed by atoms with Crippen molar-refractivity contribution in [3.05, 3.63) is 0 Å². The first kappa shape index (κ1) is 23.0. The Morgan fingerprint density at radius 3 is 2.59 bits per heavy atom. The summed E-state index contributed by atoms with van der Waals surface area (Å²) in [5, 5.41) is 3.27. The highest BCUT2D eigenvalue weighted by Crippen LogP contribution is 2.18. The number of guanidine groups is 1. The largest absolute Gasteiger partial charge is 0.466 e. The lowest BCUT2D eigenvalue weighted by Crippen LogP contribution is -2.48. The molecule has 1 rings (SSSR count). The number of likely N-dealkylation sites (N-methyl/N-ethyl adjacent to an activating group) is 1. The molecular formula is C19H36N4O4. The number of carbonyl (C=O) groups excluding carboxylic acids is 2. The van der Waals surface area contributed by atoms with E-state index in [1.54, 1.807) is 7.05 Å². The Morgan fingerprint density at radius 2 is 2.00 bits per heavy atom. The predicted molar refractivity (Wildman–Crippen MR) is 106 cm³/mol. The van der Waals surface area contributed by atoms with Gasteiger partial charge in [0.25, 0.3) is 0 Å². The van der Waals surface area contributed by atoms with Crippen LogP contribution in [0.2, 0.25) is 0 Å². The van der Waals surface area contributed by atoms with Crippen LogP contribution < -0.4 is 5.32 Å². The molecule has 1 fully saturated rings. The second kappa shape index (κ2) is 11.0. The first-order chi connectivity index (χ1) is 12.7. The van der Waals surface area contributed by atoms with Crippen molar-refractivity contribution in [3.63, 3.8) is 0 Å². The summed E-state index contributed by atoms with van der Waals surface area (Å²) in [5.74, 6) is 0.513.